The van der Waals surface area contributed by atoms with Gasteiger partial charge in [0.1, 0.15) is 5.75 Å². The number of nitrogens with two attached hydrogens (primary N) is 1. The van der Waals surface area contributed by atoms with Crippen molar-refractivity contribution in [1.29, 1.82) is 0 Å². The Kier molecular flexibility index (Phi) is 5.15. The highest BCUT2D eigenvalue weighted by Crippen LogP contribution is 2.20. The number of amides is 1. The summed E-state index contributed by atoms with van der Waals surface area (Å²) in [5.74, 6) is -0.247. The quantitative estimate of drug-likeness (QED) is 0.553. The van der Waals surface area contributed by atoms with E-state index in [0.717, 1.165) is 6.42 Å². The fourth-order valence-electron chi connectivity index (χ4n) is 1.29. The molecule has 0 heterocycles. The first kappa shape index (κ1) is 13.7. The van der Waals surface area contributed by atoms with Crippen molar-refractivity contribution in [3.63, 3.8) is 0 Å². The third-order valence-electron chi connectivity index (χ3n) is 2.53. The van der Waals surface area contributed by atoms with Crippen LogP contribution in [0, 0.1) is 0 Å². The van der Waals surface area contributed by atoms with E-state index >= 15 is 0 Å². The van der Waals surface area contributed by atoms with E-state index in [1.807, 2.05) is 6.26 Å². The molecular formula is C12H18N2O2S. The lowest BCUT2D eigenvalue weighted by Crippen LogP contribution is -2.25. The summed E-state index contributed by atoms with van der Waals surface area (Å²) in [6.07, 6.45) is 2.97. The molecule has 4 N–H and O–H groups in total. The highest BCUT2D eigenvalue weighted by atomic mass is 32.2. The number of rotatable bonds is 5. The Balaban J connectivity index is 2.50. The molecule has 0 aliphatic heterocycles. The van der Waals surface area contributed by atoms with Gasteiger partial charge in [-0.25, -0.2) is 0 Å². The fraction of sp³-hybridized carbons (Fsp3) is 0.417. The topological polar surface area (TPSA) is 75.4 Å². The molecule has 1 aromatic rings. The summed E-state index contributed by atoms with van der Waals surface area (Å²) in [6, 6.07) is 4.50. The van der Waals surface area contributed by atoms with Crippen LogP contribution in [-0.4, -0.2) is 29.1 Å². The zero-order chi connectivity index (χ0) is 12.8. The molecule has 0 spiro atoms. The molecule has 1 rings (SSSR count). The molecule has 0 saturated carbocycles. The number of phenolic OH excluding ortho intramolecular Hbond substituents is 1. The van der Waals surface area contributed by atoms with Crippen molar-refractivity contribution in [2.75, 3.05) is 18.5 Å². The summed E-state index contributed by atoms with van der Waals surface area (Å²) >= 11 is 1.77. The van der Waals surface area contributed by atoms with Gasteiger partial charge < -0.3 is 16.2 Å². The van der Waals surface area contributed by atoms with Gasteiger partial charge in [-0.05, 0) is 30.9 Å². The average Bonchev–Trinajstić information content (AvgIpc) is 2.32. The van der Waals surface area contributed by atoms with Crippen LogP contribution < -0.4 is 11.1 Å². The SMILES string of the molecule is CSC(C)CCNC(=O)c1ccc(N)c(O)c1. The number of carbonyl (C=O) groups excluding carboxylic acids is 1. The predicted molar refractivity (Wildman–Crippen MR) is 72.4 cm³/mol. The highest BCUT2D eigenvalue weighted by Gasteiger charge is 2.08. The Bertz CT molecular complexity index is 396. The molecule has 1 amide bonds. The molecule has 1 unspecified atom stereocenters. The first-order valence-corrected chi connectivity index (χ1v) is 6.73. The van der Waals surface area contributed by atoms with Crippen molar-refractivity contribution in [3.05, 3.63) is 23.8 Å². The van der Waals surface area contributed by atoms with E-state index in [1.165, 1.54) is 12.1 Å². The Hall–Kier alpha value is -1.36. The van der Waals surface area contributed by atoms with Gasteiger partial charge in [-0.1, -0.05) is 6.92 Å². The normalized spacial score (nSPS) is 12.1. The summed E-state index contributed by atoms with van der Waals surface area (Å²) in [5.41, 5.74) is 6.16. The number of hydrogen-bond acceptors (Lipinski definition) is 4. The van der Waals surface area contributed by atoms with E-state index in [2.05, 4.69) is 12.2 Å². The molecule has 17 heavy (non-hydrogen) atoms. The number of nitrogens with one attached hydrogen (secondary N) is 1. The van der Waals surface area contributed by atoms with Crippen molar-refractivity contribution in [1.82, 2.24) is 5.32 Å². The summed E-state index contributed by atoms with van der Waals surface area (Å²) in [7, 11) is 0. The van der Waals surface area contributed by atoms with E-state index in [1.54, 1.807) is 17.8 Å². The second-order valence-electron chi connectivity index (χ2n) is 3.86. The maximum atomic E-state index is 11.7. The molecular weight excluding hydrogens is 236 g/mol. The minimum Gasteiger partial charge on any atom is -0.506 e. The van der Waals surface area contributed by atoms with Crippen LogP contribution in [0.4, 0.5) is 5.69 Å². The maximum Gasteiger partial charge on any atom is 0.251 e. The fourth-order valence-corrected chi connectivity index (χ4v) is 1.65. The largest absolute Gasteiger partial charge is 0.506 e. The molecule has 1 aromatic carbocycles. The molecule has 0 radical (unpaired) electrons. The summed E-state index contributed by atoms with van der Waals surface area (Å²) in [6.45, 7) is 2.75. The van der Waals surface area contributed by atoms with E-state index < -0.39 is 0 Å². The zero-order valence-corrected chi connectivity index (χ0v) is 10.9. The van der Waals surface area contributed by atoms with Gasteiger partial charge in [0.2, 0.25) is 0 Å². The van der Waals surface area contributed by atoms with Gasteiger partial charge in [-0.3, -0.25) is 4.79 Å². The lowest BCUT2D eigenvalue weighted by Gasteiger charge is -2.09. The van der Waals surface area contributed by atoms with Crippen LogP contribution in [0.3, 0.4) is 0 Å². The van der Waals surface area contributed by atoms with Gasteiger partial charge in [-0.15, -0.1) is 0 Å². The first-order valence-electron chi connectivity index (χ1n) is 5.44. The van der Waals surface area contributed by atoms with Crippen LogP contribution in [0.25, 0.3) is 0 Å². The van der Waals surface area contributed by atoms with Crippen LogP contribution in [0.5, 0.6) is 5.75 Å². The molecule has 4 nitrogen and oxygen atoms in total. The Morgan fingerprint density at radius 2 is 2.29 bits per heavy atom. The lowest BCUT2D eigenvalue weighted by molar-refractivity contribution is 0.0953. The third-order valence-corrected chi connectivity index (χ3v) is 3.57. The summed E-state index contributed by atoms with van der Waals surface area (Å²) in [4.78, 5) is 11.7. The highest BCUT2D eigenvalue weighted by molar-refractivity contribution is 7.99. The summed E-state index contributed by atoms with van der Waals surface area (Å²) < 4.78 is 0. The monoisotopic (exact) mass is 254 g/mol. The molecule has 94 valence electrons. The smallest absolute Gasteiger partial charge is 0.251 e. The molecule has 0 bridgehead atoms. The van der Waals surface area contributed by atoms with Crippen molar-refractivity contribution in [3.8, 4) is 5.75 Å². The van der Waals surface area contributed by atoms with Crippen molar-refractivity contribution in [2.45, 2.75) is 18.6 Å². The van der Waals surface area contributed by atoms with Gasteiger partial charge in [0, 0.05) is 17.4 Å². The number of nitrogen functional groups attached to an aromatic ring is 1. The third kappa shape index (κ3) is 4.19. The molecule has 0 aliphatic rings. The zero-order valence-electron chi connectivity index (χ0n) is 10.1. The van der Waals surface area contributed by atoms with Gasteiger partial charge in [0.05, 0.1) is 5.69 Å². The average molecular weight is 254 g/mol. The van der Waals surface area contributed by atoms with Crippen molar-refractivity contribution >= 4 is 23.4 Å². The van der Waals surface area contributed by atoms with Crippen LogP contribution in [0.2, 0.25) is 0 Å². The molecule has 1 atom stereocenters. The minimum absolute atomic E-state index is 0.0601. The Morgan fingerprint density at radius 1 is 1.59 bits per heavy atom. The van der Waals surface area contributed by atoms with E-state index in [9.17, 15) is 9.90 Å². The van der Waals surface area contributed by atoms with Gasteiger partial charge in [-0.2, -0.15) is 11.8 Å². The van der Waals surface area contributed by atoms with Crippen LogP contribution in [0.15, 0.2) is 18.2 Å². The van der Waals surface area contributed by atoms with Crippen LogP contribution in [0.1, 0.15) is 23.7 Å². The lowest BCUT2D eigenvalue weighted by atomic mass is 10.2. The first-order chi connectivity index (χ1) is 8.04. The number of thioether (sulfide) groups is 1. The number of aromatic hydroxyl groups is 1. The number of carbonyl (C=O) groups is 1. The maximum absolute atomic E-state index is 11.7. The second kappa shape index (κ2) is 6.39. The number of hydrogen-bond donors (Lipinski definition) is 3. The van der Waals surface area contributed by atoms with Crippen molar-refractivity contribution in [2.24, 2.45) is 0 Å². The molecule has 0 aromatic heterocycles. The summed E-state index contributed by atoms with van der Waals surface area (Å²) in [5, 5.41) is 12.7. The van der Waals surface area contributed by atoms with Crippen LogP contribution in [-0.2, 0) is 0 Å². The minimum atomic E-state index is -0.186. The van der Waals surface area contributed by atoms with Crippen molar-refractivity contribution < 1.29 is 9.90 Å². The van der Waals surface area contributed by atoms with Crippen LogP contribution >= 0.6 is 11.8 Å². The van der Waals surface area contributed by atoms with E-state index in [4.69, 9.17) is 5.73 Å². The Labute approximate surface area is 106 Å². The second-order valence-corrected chi connectivity index (χ2v) is 5.14. The number of anilines is 1. The number of phenols is 1. The number of benzene rings is 1. The predicted octanol–water partition coefficient (Wildman–Crippen LogP) is 1.85. The Morgan fingerprint density at radius 3 is 2.88 bits per heavy atom. The van der Waals surface area contributed by atoms with Gasteiger partial charge in [0.25, 0.3) is 5.91 Å². The van der Waals surface area contributed by atoms with E-state index in [0.29, 0.717) is 17.4 Å². The van der Waals surface area contributed by atoms with Gasteiger partial charge >= 0.3 is 0 Å². The molecule has 0 saturated heterocycles. The molecule has 5 heteroatoms. The standard InChI is InChI=1S/C12H18N2O2S/c1-8(17-2)5-6-14-12(16)9-3-4-10(13)11(15)7-9/h3-4,7-8,15H,5-6,13H2,1-2H3,(H,14,16). The molecule has 0 fully saturated rings. The van der Waals surface area contributed by atoms with E-state index in [-0.39, 0.29) is 17.3 Å². The van der Waals surface area contributed by atoms with Gasteiger partial charge in [0.15, 0.2) is 0 Å². The molecule has 0 aliphatic carbocycles.